The number of nitriles is 1. The summed E-state index contributed by atoms with van der Waals surface area (Å²) in [5.74, 6) is 0.287. The van der Waals surface area contributed by atoms with E-state index >= 15 is 0 Å². The number of hydrogen-bond donors (Lipinski definition) is 1. The van der Waals surface area contributed by atoms with Crippen LogP contribution in [0.3, 0.4) is 0 Å². The molecule has 0 aliphatic heterocycles. The Hall–Kier alpha value is -4.23. The molecule has 0 aliphatic rings. The minimum atomic E-state index is -0.397. The number of hydrogen-bond acceptors (Lipinski definition) is 6. The second-order valence-electron chi connectivity index (χ2n) is 7.29. The average Bonchev–Trinajstić information content (AvgIpc) is 3.43. The zero-order chi connectivity index (χ0) is 22.9. The first-order chi connectivity index (χ1) is 16.0. The van der Waals surface area contributed by atoms with E-state index in [0.29, 0.717) is 28.0 Å². The normalized spacial score (nSPS) is 11.1. The van der Waals surface area contributed by atoms with Crippen LogP contribution in [0.5, 0.6) is 0 Å². The highest BCUT2D eigenvalue weighted by atomic mass is 32.2. The lowest BCUT2D eigenvalue weighted by molar-refractivity contribution is 0.629. The number of benzene rings is 2. The van der Waals surface area contributed by atoms with Crippen molar-refractivity contribution < 1.29 is 4.39 Å². The molecule has 1 N–H and O–H groups in total. The summed E-state index contributed by atoms with van der Waals surface area (Å²) in [6.45, 7) is 1.99. The van der Waals surface area contributed by atoms with E-state index in [-0.39, 0.29) is 16.8 Å². The highest BCUT2D eigenvalue weighted by molar-refractivity contribution is 7.98. The summed E-state index contributed by atoms with van der Waals surface area (Å²) in [5, 5.41) is 21.0. The molecule has 0 bridgehead atoms. The third-order valence-electron chi connectivity index (χ3n) is 5.06. The summed E-state index contributed by atoms with van der Waals surface area (Å²) in [6, 6.07) is 17.6. The Bertz CT molecular complexity index is 1580. The molecule has 5 rings (SSSR count). The molecule has 0 radical (unpaired) electrons. The van der Waals surface area contributed by atoms with Gasteiger partial charge in [-0.2, -0.15) is 5.26 Å². The van der Waals surface area contributed by atoms with Gasteiger partial charge in [0.05, 0.1) is 11.3 Å². The maximum absolute atomic E-state index is 14.6. The highest BCUT2D eigenvalue weighted by Crippen LogP contribution is 2.30. The quantitative estimate of drug-likeness (QED) is 0.402. The number of H-pyrrole nitrogens is 1. The molecule has 0 atom stereocenters. The summed E-state index contributed by atoms with van der Waals surface area (Å²) in [4.78, 5) is 16.8. The fourth-order valence-corrected chi connectivity index (χ4v) is 4.27. The first-order valence-electron chi connectivity index (χ1n) is 9.95. The molecule has 10 heteroatoms. The van der Waals surface area contributed by atoms with Crippen molar-refractivity contribution in [2.75, 3.05) is 0 Å². The largest absolute Gasteiger partial charge is 0.295 e. The number of aromatic amines is 1. The Balaban J connectivity index is 1.56. The van der Waals surface area contributed by atoms with Crippen LogP contribution in [0.1, 0.15) is 16.8 Å². The average molecular weight is 457 g/mol. The Morgan fingerprint density at radius 2 is 1.94 bits per heavy atom. The summed E-state index contributed by atoms with van der Waals surface area (Å²) < 4.78 is 17.6. The van der Waals surface area contributed by atoms with Crippen LogP contribution in [0.4, 0.5) is 4.39 Å². The Morgan fingerprint density at radius 3 is 2.70 bits per heavy atom. The second kappa shape index (κ2) is 8.37. The first-order valence-corrected chi connectivity index (χ1v) is 10.9. The van der Waals surface area contributed by atoms with Crippen LogP contribution >= 0.6 is 11.8 Å². The van der Waals surface area contributed by atoms with Gasteiger partial charge in [-0.15, -0.1) is 10.2 Å². The van der Waals surface area contributed by atoms with Crippen molar-refractivity contribution in [3.63, 3.8) is 0 Å². The Kier molecular flexibility index (Phi) is 5.24. The van der Waals surface area contributed by atoms with Crippen LogP contribution < -0.4 is 5.56 Å². The summed E-state index contributed by atoms with van der Waals surface area (Å²) in [7, 11) is 0. The van der Waals surface area contributed by atoms with E-state index in [1.807, 2.05) is 37.3 Å². The molecule has 0 fully saturated rings. The third kappa shape index (κ3) is 3.79. The molecule has 0 saturated heterocycles. The number of aromatic nitrogens is 6. The molecule has 162 valence electrons. The number of nitrogens with one attached hydrogen (secondary N) is 1. The van der Waals surface area contributed by atoms with Crippen molar-refractivity contribution in [2.45, 2.75) is 17.8 Å². The fraction of sp³-hybridized carbons (Fsp3) is 0.0870. The van der Waals surface area contributed by atoms with Crippen molar-refractivity contribution >= 4 is 17.4 Å². The summed E-state index contributed by atoms with van der Waals surface area (Å²) in [5.41, 5.74) is 2.94. The van der Waals surface area contributed by atoms with E-state index in [1.54, 1.807) is 22.8 Å². The van der Waals surface area contributed by atoms with E-state index < -0.39 is 5.82 Å². The van der Waals surface area contributed by atoms with Gasteiger partial charge in [0.15, 0.2) is 16.6 Å². The Labute approximate surface area is 191 Å². The first kappa shape index (κ1) is 20.7. The maximum atomic E-state index is 14.6. The van der Waals surface area contributed by atoms with E-state index in [2.05, 4.69) is 20.3 Å². The van der Waals surface area contributed by atoms with Gasteiger partial charge < -0.3 is 0 Å². The van der Waals surface area contributed by atoms with Crippen molar-refractivity contribution in [2.24, 2.45) is 0 Å². The van der Waals surface area contributed by atoms with Crippen LogP contribution in [0.2, 0.25) is 0 Å². The summed E-state index contributed by atoms with van der Waals surface area (Å²) in [6.07, 6.45) is 1.44. The van der Waals surface area contributed by atoms with Crippen LogP contribution in [-0.4, -0.2) is 29.4 Å². The van der Waals surface area contributed by atoms with E-state index in [9.17, 15) is 14.4 Å². The number of nitrogens with zero attached hydrogens (tertiary/aromatic N) is 6. The Morgan fingerprint density at radius 1 is 1.15 bits per heavy atom. The zero-order valence-electron chi connectivity index (χ0n) is 17.4. The van der Waals surface area contributed by atoms with Crippen molar-refractivity contribution in [3.8, 4) is 23.1 Å². The van der Waals surface area contributed by atoms with Crippen LogP contribution in [-0.2, 0) is 5.75 Å². The lowest BCUT2D eigenvalue weighted by atomic mass is 10.2. The van der Waals surface area contributed by atoms with Crippen LogP contribution in [0.15, 0.2) is 70.7 Å². The van der Waals surface area contributed by atoms with Crippen molar-refractivity contribution in [1.29, 1.82) is 5.26 Å². The maximum Gasteiger partial charge on any atom is 0.272 e. The van der Waals surface area contributed by atoms with Gasteiger partial charge in [-0.3, -0.25) is 14.5 Å². The molecule has 3 heterocycles. The van der Waals surface area contributed by atoms with Gasteiger partial charge in [-0.05, 0) is 31.2 Å². The zero-order valence-corrected chi connectivity index (χ0v) is 18.2. The van der Waals surface area contributed by atoms with E-state index in [0.717, 1.165) is 11.3 Å². The molecule has 0 spiro atoms. The van der Waals surface area contributed by atoms with Crippen molar-refractivity contribution in [3.05, 3.63) is 93.8 Å². The number of halogens is 1. The molecule has 8 nitrogen and oxygen atoms in total. The predicted octanol–water partition coefficient (Wildman–Crippen LogP) is 3.88. The molecular formula is C23H16FN7OS. The minimum absolute atomic E-state index is 0.271. The highest BCUT2D eigenvalue weighted by Gasteiger charge is 2.19. The number of aryl methyl sites for hydroxylation is 1. The molecule has 33 heavy (non-hydrogen) atoms. The number of rotatable bonds is 5. The molecule has 3 aromatic heterocycles. The lowest BCUT2D eigenvalue weighted by Crippen LogP contribution is -2.15. The van der Waals surface area contributed by atoms with Crippen molar-refractivity contribution in [1.82, 2.24) is 29.4 Å². The van der Waals surface area contributed by atoms with Gasteiger partial charge in [-0.25, -0.2) is 13.9 Å². The van der Waals surface area contributed by atoms with E-state index in [4.69, 9.17) is 0 Å². The van der Waals surface area contributed by atoms with Gasteiger partial charge in [-0.1, -0.05) is 41.6 Å². The van der Waals surface area contributed by atoms with Gasteiger partial charge in [0.2, 0.25) is 0 Å². The number of fused-ring (bicyclic) bond motifs is 1. The lowest BCUT2D eigenvalue weighted by Gasteiger charge is -2.11. The summed E-state index contributed by atoms with van der Waals surface area (Å²) >= 11 is 1.32. The topological polar surface area (TPSA) is 105 Å². The molecule has 2 aromatic carbocycles. The third-order valence-corrected chi connectivity index (χ3v) is 6.02. The molecular weight excluding hydrogens is 441 g/mol. The smallest absolute Gasteiger partial charge is 0.272 e. The molecule has 0 unspecified atom stereocenters. The molecule has 0 aliphatic carbocycles. The van der Waals surface area contributed by atoms with Gasteiger partial charge in [0.1, 0.15) is 17.4 Å². The standard InChI is InChI=1S/C23H16FN7OS/c1-14-6-8-17(9-7-14)30-22(18-4-2-3-5-19(18)24)28-29-23(30)33-13-16-10-20(32)31-21(27-16)15(11-25)12-26-31/h2-10,12,26H,13H2,1H3. The monoisotopic (exact) mass is 457 g/mol. The molecule has 0 amide bonds. The predicted molar refractivity (Wildman–Crippen MR) is 122 cm³/mol. The minimum Gasteiger partial charge on any atom is -0.295 e. The van der Waals surface area contributed by atoms with Crippen LogP contribution in [0, 0.1) is 24.1 Å². The van der Waals surface area contributed by atoms with E-state index in [1.165, 1.54) is 34.6 Å². The van der Waals surface area contributed by atoms with Crippen LogP contribution in [0.25, 0.3) is 22.7 Å². The SMILES string of the molecule is Cc1ccc(-n2c(SCc3cc(=O)n4[nH]cc(C#N)c4n3)nnc2-c2ccccc2F)cc1. The fourth-order valence-electron chi connectivity index (χ4n) is 3.43. The van der Waals surface area contributed by atoms with Gasteiger partial charge in [0.25, 0.3) is 5.56 Å². The second-order valence-corrected chi connectivity index (χ2v) is 8.23. The number of thioether (sulfide) groups is 1. The van der Waals surface area contributed by atoms with Gasteiger partial charge in [0, 0.05) is 23.7 Å². The van der Waals surface area contributed by atoms with Gasteiger partial charge >= 0.3 is 0 Å². The molecule has 0 saturated carbocycles. The molecule has 5 aromatic rings.